The Hall–Kier alpha value is -3.53. The van der Waals surface area contributed by atoms with Crippen molar-refractivity contribution in [1.82, 2.24) is 9.55 Å². The van der Waals surface area contributed by atoms with Crippen LogP contribution in [0.3, 0.4) is 0 Å². The second-order valence-electron chi connectivity index (χ2n) is 8.79. The molecule has 1 atom stereocenters. The van der Waals surface area contributed by atoms with E-state index in [1.807, 2.05) is 40.0 Å². The molecule has 178 valence electrons. The van der Waals surface area contributed by atoms with Crippen LogP contribution in [0.4, 0.5) is 15.8 Å². The van der Waals surface area contributed by atoms with Crippen LogP contribution in [0.1, 0.15) is 62.4 Å². The predicted molar refractivity (Wildman–Crippen MR) is 131 cm³/mol. The SMILES string of the molecule is [C-]#[N+]c1ccc(NC(c2cc(OCC)cc(OC(C)C)c2F)c2nc3c(n2C)CCCC3)cc1. The van der Waals surface area contributed by atoms with Crippen LogP contribution in [0.5, 0.6) is 11.5 Å². The molecule has 1 N–H and O–H groups in total. The number of nitrogens with one attached hydrogen (secondary N) is 1. The number of aromatic nitrogens is 2. The summed E-state index contributed by atoms with van der Waals surface area (Å²) in [5, 5.41) is 3.47. The summed E-state index contributed by atoms with van der Waals surface area (Å²) in [6, 6.07) is 9.91. The zero-order valence-corrected chi connectivity index (χ0v) is 20.2. The lowest BCUT2D eigenvalue weighted by Crippen LogP contribution is -2.20. The molecule has 7 heteroatoms. The summed E-state index contributed by atoms with van der Waals surface area (Å²) in [5.74, 6) is 1.01. The number of benzene rings is 2. The molecule has 2 aromatic carbocycles. The molecule has 0 radical (unpaired) electrons. The molecule has 0 spiro atoms. The fourth-order valence-corrected chi connectivity index (χ4v) is 4.44. The lowest BCUT2D eigenvalue weighted by Gasteiger charge is -2.24. The fraction of sp³-hybridized carbons (Fsp3) is 0.407. The van der Waals surface area contributed by atoms with E-state index in [1.165, 1.54) is 5.69 Å². The molecular formula is C27H31FN4O2. The van der Waals surface area contributed by atoms with Crippen molar-refractivity contribution in [3.8, 4) is 11.5 Å². The van der Waals surface area contributed by atoms with E-state index < -0.39 is 11.9 Å². The van der Waals surface area contributed by atoms with E-state index >= 15 is 4.39 Å². The Morgan fingerprint density at radius 1 is 1.18 bits per heavy atom. The highest BCUT2D eigenvalue weighted by molar-refractivity contribution is 5.57. The van der Waals surface area contributed by atoms with Gasteiger partial charge in [-0.3, -0.25) is 0 Å². The van der Waals surface area contributed by atoms with Gasteiger partial charge in [-0.05, 0) is 64.7 Å². The summed E-state index contributed by atoms with van der Waals surface area (Å²) < 4.78 is 29.6. The van der Waals surface area contributed by atoms with Gasteiger partial charge in [-0.15, -0.1) is 0 Å². The summed E-state index contributed by atoms with van der Waals surface area (Å²) in [7, 11) is 2.00. The van der Waals surface area contributed by atoms with Crippen LogP contribution in [0, 0.1) is 12.4 Å². The van der Waals surface area contributed by atoms with Gasteiger partial charge in [0.2, 0.25) is 0 Å². The minimum absolute atomic E-state index is 0.157. The van der Waals surface area contributed by atoms with Crippen molar-refractivity contribution < 1.29 is 13.9 Å². The number of nitrogens with zero attached hydrogens (tertiary/aromatic N) is 3. The van der Waals surface area contributed by atoms with Crippen molar-refractivity contribution in [2.75, 3.05) is 11.9 Å². The monoisotopic (exact) mass is 462 g/mol. The topological polar surface area (TPSA) is 52.7 Å². The maximum Gasteiger partial charge on any atom is 0.187 e. The van der Waals surface area contributed by atoms with Crippen molar-refractivity contribution in [2.45, 2.75) is 58.6 Å². The van der Waals surface area contributed by atoms with Gasteiger partial charge in [0.15, 0.2) is 17.3 Å². The van der Waals surface area contributed by atoms with Crippen LogP contribution in [0.15, 0.2) is 36.4 Å². The Kier molecular flexibility index (Phi) is 7.06. The molecule has 0 saturated carbocycles. The first-order valence-corrected chi connectivity index (χ1v) is 11.8. The van der Waals surface area contributed by atoms with Crippen molar-refractivity contribution in [1.29, 1.82) is 0 Å². The van der Waals surface area contributed by atoms with E-state index in [2.05, 4.69) is 14.7 Å². The first-order valence-electron chi connectivity index (χ1n) is 11.8. The first-order chi connectivity index (χ1) is 16.4. The molecular weight excluding hydrogens is 431 g/mol. The number of anilines is 1. The number of fused-ring (bicyclic) bond motifs is 1. The molecule has 0 saturated heterocycles. The lowest BCUT2D eigenvalue weighted by molar-refractivity contribution is 0.228. The van der Waals surface area contributed by atoms with Gasteiger partial charge in [0.05, 0.1) is 25.0 Å². The Labute approximate surface area is 200 Å². The van der Waals surface area contributed by atoms with Crippen LogP contribution in [0.2, 0.25) is 0 Å². The fourth-order valence-electron chi connectivity index (χ4n) is 4.44. The third-order valence-corrected chi connectivity index (χ3v) is 6.00. The van der Waals surface area contributed by atoms with Gasteiger partial charge in [0.25, 0.3) is 0 Å². The first kappa shape index (κ1) is 23.6. The normalized spacial score (nSPS) is 13.8. The highest BCUT2D eigenvalue weighted by Crippen LogP contribution is 2.37. The third-order valence-electron chi connectivity index (χ3n) is 6.00. The van der Waals surface area contributed by atoms with Gasteiger partial charge in [-0.2, -0.15) is 0 Å². The Morgan fingerprint density at radius 2 is 1.91 bits per heavy atom. The van der Waals surface area contributed by atoms with E-state index in [1.54, 1.807) is 24.3 Å². The molecule has 0 bridgehead atoms. The standard InChI is InChI=1S/C27H31FN4O2/c1-6-33-20-15-21(25(28)24(16-20)34-17(2)3)26(30-19-13-11-18(29-4)12-14-19)27-31-22-9-7-8-10-23(22)32(27)5/h11-17,26,30H,6-10H2,1-3,5H3. The molecule has 1 aromatic heterocycles. The number of hydrogen-bond donors (Lipinski definition) is 1. The average molecular weight is 463 g/mol. The summed E-state index contributed by atoms with van der Waals surface area (Å²) in [6.07, 6.45) is 3.95. The molecule has 3 aromatic rings. The van der Waals surface area contributed by atoms with Gasteiger partial charge < -0.3 is 19.4 Å². The third kappa shape index (κ3) is 4.86. The molecule has 34 heavy (non-hydrogen) atoms. The summed E-state index contributed by atoms with van der Waals surface area (Å²) >= 11 is 0. The maximum atomic E-state index is 15.9. The number of rotatable bonds is 8. The summed E-state index contributed by atoms with van der Waals surface area (Å²) in [6.45, 7) is 13.3. The molecule has 4 rings (SSSR count). The minimum Gasteiger partial charge on any atom is -0.494 e. The predicted octanol–water partition coefficient (Wildman–Crippen LogP) is 6.38. The van der Waals surface area contributed by atoms with Crippen molar-refractivity contribution >= 4 is 11.4 Å². The molecule has 0 amide bonds. The second kappa shape index (κ2) is 10.2. The zero-order chi connectivity index (χ0) is 24.2. The number of halogens is 1. The van der Waals surface area contributed by atoms with Gasteiger partial charge in [0.1, 0.15) is 17.6 Å². The lowest BCUT2D eigenvalue weighted by atomic mass is 10.0. The minimum atomic E-state index is -0.579. The Morgan fingerprint density at radius 3 is 2.56 bits per heavy atom. The van der Waals surface area contributed by atoms with E-state index in [9.17, 15) is 0 Å². The van der Waals surface area contributed by atoms with Crippen LogP contribution in [-0.2, 0) is 19.9 Å². The molecule has 1 unspecified atom stereocenters. The number of aryl methyl sites for hydroxylation is 1. The van der Waals surface area contributed by atoms with Crippen molar-refractivity contribution in [2.24, 2.45) is 7.05 Å². The second-order valence-corrected chi connectivity index (χ2v) is 8.79. The smallest absolute Gasteiger partial charge is 0.187 e. The molecule has 0 aliphatic heterocycles. The van der Waals surface area contributed by atoms with Crippen LogP contribution < -0.4 is 14.8 Å². The van der Waals surface area contributed by atoms with Crippen LogP contribution >= 0.6 is 0 Å². The van der Waals surface area contributed by atoms with Gasteiger partial charge in [-0.1, -0.05) is 12.1 Å². The molecule has 1 heterocycles. The highest BCUT2D eigenvalue weighted by atomic mass is 19.1. The average Bonchev–Trinajstić information content (AvgIpc) is 3.16. The number of hydrogen-bond acceptors (Lipinski definition) is 4. The van der Waals surface area contributed by atoms with Crippen molar-refractivity contribution in [3.63, 3.8) is 0 Å². The molecule has 1 aliphatic carbocycles. The number of imidazole rings is 1. The molecule has 0 fully saturated rings. The zero-order valence-electron chi connectivity index (χ0n) is 20.2. The van der Waals surface area contributed by atoms with E-state index in [0.717, 1.165) is 42.9 Å². The van der Waals surface area contributed by atoms with Gasteiger partial charge >= 0.3 is 0 Å². The van der Waals surface area contributed by atoms with E-state index in [4.69, 9.17) is 21.0 Å². The maximum absolute atomic E-state index is 15.9. The summed E-state index contributed by atoms with van der Waals surface area (Å²) in [4.78, 5) is 8.43. The highest BCUT2D eigenvalue weighted by Gasteiger charge is 2.29. The van der Waals surface area contributed by atoms with Crippen LogP contribution in [0.25, 0.3) is 4.85 Å². The Bertz CT molecular complexity index is 1190. The van der Waals surface area contributed by atoms with E-state index in [-0.39, 0.29) is 11.9 Å². The van der Waals surface area contributed by atoms with Gasteiger partial charge in [-0.25, -0.2) is 14.2 Å². The number of ether oxygens (including phenoxy) is 2. The van der Waals surface area contributed by atoms with Gasteiger partial charge in [0, 0.05) is 30.1 Å². The van der Waals surface area contributed by atoms with Crippen LogP contribution in [-0.4, -0.2) is 22.3 Å². The quantitative estimate of drug-likeness (QED) is 0.395. The molecule has 1 aliphatic rings. The Balaban J connectivity index is 1.86. The summed E-state index contributed by atoms with van der Waals surface area (Å²) in [5.41, 5.74) is 4.01. The van der Waals surface area contributed by atoms with E-state index in [0.29, 0.717) is 23.6 Å². The van der Waals surface area contributed by atoms with Crippen molar-refractivity contribution in [3.05, 3.63) is 76.4 Å². The largest absolute Gasteiger partial charge is 0.494 e. The molecule has 6 nitrogen and oxygen atoms in total.